The molecule has 0 aliphatic rings. The highest BCUT2D eigenvalue weighted by Crippen LogP contribution is 2.20. The molecule has 5 nitrogen and oxygen atoms in total. The maximum atomic E-state index is 12.1. The molecule has 21 heavy (non-hydrogen) atoms. The molecule has 2 N–H and O–H groups in total. The van der Waals surface area contributed by atoms with E-state index in [4.69, 9.17) is 4.94 Å². The number of carbonyl (C=O) groups excluding carboxylic acids is 2. The number of amides is 1. The van der Waals surface area contributed by atoms with Crippen LogP contribution in [0.5, 0.6) is 0 Å². The fourth-order valence-corrected chi connectivity index (χ4v) is 1.49. The van der Waals surface area contributed by atoms with E-state index >= 15 is 0 Å². The van der Waals surface area contributed by atoms with Crippen molar-refractivity contribution in [3.63, 3.8) is 0 Å². The van der Waals surface area contributed by atoms with Gasteiger partial charge in [0.25, 0.3) is 5.91 Å². The molecule has 1 aromatic carbocycles. The summed E-state index contributed by atoms with van der Waals surface area (Å²) in [5, 5.41) is 0. The summed E-state index contributed by atoms with van der Waals surface area (Å²) < 4.78 is 0. The van der Waals surface area contributed by atoms with Gasteiger partial charge in [-0.2, -0.15) is 10.4 Å². The summed E-state index contributed by atoms with van der Waals surface area (Å²) in [5.74, 6) is -0.332. The van der Waals surface area contributed by atoms with Crippen LogP contribution >= 0.6 is 0 Å². The molecule has 116 valence electrons. The minimum Gasteiger partial charge on any atom is -0.294 e. The van der Waals surface area contributed by atoms with E-state index in [1.165, 1.54) is 0 Å². The van der Waals surface area contributed by atoms with Crippen LogP contribution in [0.25, 0.3) is 0 Å². The SMILES string of the molecule is CC(C)(C)NONC(=O)c1ccc(C(=O)C(C)(C)C)cc1. The zero-order valence-electron chi connectivity index (χ0n) is 13.5. The first-order valence-corrected chi connectivity index (χ1v) is 6.89. The van der Waals surface area contributed by atoms with Gasteiger partial charge in [-0.15, -0.1) is 0 Å². The molecule has 0 saturated carbocycles. The highest BCUT2D eigenvalue weighted by molar-refractivity contribution is 6.01. The van der Waals surface area contributed by atoms with Crippen LogP contribution in [0.15, 0.2) is 24.3 Å². The maximum absolute atomic E-state index is 12.1. The maximum Gasteiger partial charge on any atom is 0.276 e. The topological polar surface area (TPSA) is 67.4 Å². The van der Waals surface area contributed by atoms with Gasteiger partial charge in [0, 0.05) is 22.1 Å². The molecule has 0 radical (unpaired) electrons. The number of rotatable bonds is 4. The lowest BCUT2D eigenvalue weighted by molar-refractivity contribution is -0.0597. The van der Waals surface area contributed by atoms with E-state index < -0.39 is 5.41 Å². The first-order valence-electron chi connectivity index (χ1n) is 6.89. The Morgan fingerprint density at radius 1 is 0.905 bits per heavy atom. The first-order chi connectivity index (χ1) is 9.50. The summed E-state index contributed by atoms with van der Waals surface area (Å²) in [7, 11) is 0. The molecule has 0 unspecified atom stereocenters. The van der Waals surface area contributed by atoms with Gasteiger partial charge in [-0.05, 0) is 32.9 Å². The molecule has 1 rings (SSSR count). The van der Waals surface area contributed by atoms with Gasteiger partial charge in [0.1, 0.15) is 0 Å². The van der Waals surface area contributed by atoms with Crippen LogP contribution in [-0.2, 0) is 4.94 Å². The Morgan fingerprint density at radius 3 is 1.81 bits per heavy atom. The van der Waals surface area contributed by atoms with Crippen LogP contribution in [0.2, 0.25) is 0 Å². The van der Waals surface area contributed by atoms with Crippen molar-refractivity contribution in [2.24, 2.45) is 5.41 Å². The number of benzene rings is 1. The van der Waals surface area contributed by atoms with Crippen LogP contribution in [0.4, 0.5) is 0 Å². The van der Waals surface area contributed by atoms with Gasteiger partial charge in [-0.25, -0.2) is 5.48 Å². The molecule has 0 heterocycles. The molecular formula is C16H24N2O3. The quantitative estimate of drug-likeness (QED) is 0.661. The van der Waals surface area contributed by atoms with E-state index in [0.717, 1.165) is 0 Å². The lowest BCUT2D eigenvalue weighted by atomic mass is 9.86. The van der Waals surface area contributed by atoms with E-state index in [2.05, 4.69) is 11.0 Å². The number of hydrogen-bond acceptors (Lipinski definition) is 4. The van der Waals surface area contributed by atoms with Crippen LogP contribution in [0.1, 0.15) is 62.3 Å². The Bertz CT molecular complexity index is 508. The third kappa shape index (κ3) is 5.65. The molecule has 0 bridgehead atoms. The number of ketones is 1. The van der Waals surface area contributed by atoms with Crippen molar-refractivity contribution in [1.29, 1.82) is 0 Å². The zero-order chi connectivity index (χ0) is 16.3. The predicted octanol–water partition coefficient (Wildman–Crippen LogP) is 2.88. The molecule has 0 aliphatic heterocycles. The van der Waals surface area contributed by atoms with Crippen molar-refractivity contribution < 1.29 is 14.5 Å². The first kappa shape index (κ1) is 17.3. The number of nitrogens with one attached hydrogen (secondary N) is 2. The van der Waals surface area contributed by atoms with Crippen molar-refractivity contribution in [2.75, 3.05) is 0 Å². The second kappa shape index (κ2) is 6.37. The average Bonchev–Trinajstić information content (AvgIpc) is 2.35. The molecule has 0 aliphatic carbocycles. The van der Waals surface area contributed by atoms with Crippen molar-refractivity contribution in [3.8, 4) is 0 Å². The molecule has 5 heteroatoms. The van der Waals surface area contributed by atoms with Crippen molar-refractivity contribution in [1.82, 2.24) is 11.0 Å². The van der Waals surface area contributed by atoms with Gasteiger partial charge in [0.2, 0.25) is 0 Å². The molecule has 0 spiro atoms. The summed E-state index contributed by atoms with van der Waals surface area (Å²) in [6.07, 6.45) is 0. The van der Waals surface area contributed by atoms with E-state index in [9.17, 15) is 9.59 Å². The fraction of sp³-hybridized carbons (Fsp3) is 0.500. The molecule has 0 atom stereocenters. The van der Waals surface area contributed by atoms with Gasteiger partial charge < -0.3 is 0 Å². The van der Waals surface area contributed by atoms with Gasteiger partial charge in [-0.3, -0.25) is 9.59 Å². The van der Waals surface area contributed by atoms with E-state index in [-0.39, 0.29) is 17.2 Å². The highest BCUT2D eigenvalue weighted by Gasteiger charge is 2.22. The third-order valence-electron chi connectivity index (χ3n) is 2.59. The van der Waals surface area contributed by atoms with Crippen LogP contribution in [0.3, 0.4) is 0 Å². The van der Waals surface area contributed by atoms with Crippen molar-refractivity contribution in [2.45, 2.75) is 47.1 Å². The molecule has 0 saturated heterocycles. The van der Waals surface area contributed by atoms with Gasteiger partial charge in [0.05, 0.1) is 0 Å². The molecule has 1 aromatic rings. The smallest absolute Gasteiger partial charge is 0.276 e. The van der Waals surface area contributed by atoms with Crippen molar-refractivity contribution >= 4 is 11.7 Å². The average molecular weight is 292 g/mol. The summed E-state index contributed by atoms with van der Waals surface area (Å²) in [4.78, 5) is 28.9. The summed E-state index contributed by atoms with van der Waals surface area (Å²) in [5.41, 5.74) is 5.29. The number of hydrogen-bond donors (Lipinski definition) is 2. The number of Topliss-reactive ketones (excluding diaryl/α,β-unsaturated/α-hetero) is 1. The van der Waals surface area contributed by atoms with Crippen molar-refractivity contribution in [3.05, 3.63) is 35.4 Å². The summed E-state index contributed by atoms with van der Waals surface area (Å²) in [6.45, 7) is 11.3. The Morgan fingerprint density at radius 2 is 1.38 bits per heavy atom. The van der Waals surface area contributed by atoms with E-state index in [1.54, 1.807) is 24.3 Å². The third-order valence-corrected chi connectivity index (χ3v) is 2.59. The lowest BCUT2D eigenvalue weighted by Gasteiger charge is -2.19. The molecule has 0 fully saturated rings. The fourth-order valence-electron chi connectivity index (χ4n) is 1.49. The second-order valence-electron chi connectivity index (χ2n) is 7.04. The monoisotopic (exact) mass is 292 g/mol. The highest BCUT2D eigenvalue weighted by atomic mass is 16.8. The summed E-state index contributed by atoms with van der Waals surface area (Å²) in [6, 6.07) is 6.52. The minimum atomic E-state index is -0.441. The Kier molecular flexibility index (Phi) is 5.25. The van der Waals surface area contributed by atoms with Gasteiger partial charge in [0.15, 0.2) is 5.78 Å². The van der Waals surface area contributed by atoms with E-state index in [0.29, 0.717) is 11.1 Å². The Balaban J connectivity index is 2.66. The number of hydroxylamine groups is 2. The van der Waals surface area contributed by atoms with Crippen LogP contribution < -0.4 is 11.0 Å². The van der Waals surface area contributed by atoms with Crippen LogP contribution in [-0.4, -0.2) is 17.2 Å². The lowest BCUT2D eigenvalue weighted by Crippen LogP contribution is -2.41. The molecule has 0 aromatic heterocycles. The minimum absolute atomic E-state index is 0.0418. The summed E-state index contributed by atoms with van der Waals surface area (Å²) >= 11 is 0. The predicted molar refractivity (Wildman–Crippen MR) is 81.7 cm³/mol. The largest absolute Gasteiger partial charge is 0.294 e. The Labute approximate surface area is 126 Å². The molecular weight excluding hydrogens is 268 g/mol. The zero-order valence-corrected chi connectivity index (χ0v) is 13.5. The molecule has 1 amide bonds. The van der Waals surface area contributed by atoms with Gasteiger partial charge in [-0.1, -0.05) is 32.9 Å². The number of carbonyl (C=O) groups is 2. The van der Waals surface area contributed by atoms with E-state index in [1.807, 2.05) is 41.5 Å². The van der Waals surface area contributed by atoms with Gasteiger partial charge >= 0.3 is 0 Å². The second-order valence-corrected chi connectivity index (χ2v) is 7.04. The Hall–Kier alpha value is -1.72. The van der Waals surface area contributed by atoms with Crippen LogP contribution in [0, 0.1) is 5.41 Å². The normalized spacial score (nSPS) is 12.1. The standard InChI is InChI=1S/C16H24N2O3/c1-15(2,3)13(19)11-7-9-12(10-8-11)14(20)17-21-18-16(4,5)6/h7-10,18H,1-6H3,(H,17,20).